The van der Waals surface area contributed by atoms with Gasteiger partial charge in [0.1, 0.15) is 0 Å². The highest BCUT2D eigenvalue weighted by atomic mass is 16.1. The molecule has 2 heteroatoms. The molecule has 7 heavy (non-hydrogen) atoms. The van der Waals surface area contributed by atoms with Crippen LogP contribution in [0.5, 0.6) is 0 Å². The number of carbonyl (C=O) groups excluding carboxylic acids is 1. The topological polar surface area (TPSA) is 43.1 Å². The Bertz CT molecular complexity index is 105. The van der Waals surface area contributed by atoms with Crippen molar-refractivity contribution in [2.45, 2.75) is 0 Å². The van der Waals surface area contributed by atoms with Crippen LogP contribution >= 0.6 is 0 Å². The summed E-state index contributed by atoms with van der Waals surface area (Å²) in [5, 5.41) is 0. The Hall–Kier alpha value is -1.05. The molecule has 0 heterocycles. The van der Waals surface area contributed by atoms with E-state index in [-0.39, 0.29) is 0 Å². The molecule has 0 aromatic carbocycles. The summed E-state index contributed by atoms with van der Waals surface area (Å²) in [5.74, 6) is -0.445. The second-order valence-electron chi connectivity index (χ2n) is 0.997. The van der Waals surface area contributed by atoms with Crippen LogP contribution in [0.2, 0.25) is 0 Å². The van der Waals surface area contributed by atoms with E-state index in [0.29, 0.717) is 0 Å². The minimum Gasteiger partial charge on any atom is -0.366 e. The Morgan fingerprint density at radius 3 is 2.43 bits per heavy atom. The Morgan fingerprint density at radius 1 is 1.71 bits per heavy atom. The minimum absolute atomic E-state index is 0.445. The first kappa shape index (κ1) is 5.95. The lowest BCUT2D eigenvalue weighted by Crippen LogP contribution is -2.04. The quantitative estimate of drug-likeness (QED) is 0.388. The molecular formula is C5H7NO. The van der Waals surface area contributed by atoms with Gasteiger partial charge in [0.2, 0.25) is 5.91 Å². The van der Waals surface area contributed by atoms with Crippen molar-refractivity contribution in [1.29, 1.82) is 0 Å². The lowest BCUT2D eigenvalue weighted by Gasteiger charge is -1.71. The second-order valence-corrected chi connectivity index (χ2v) is 0.997. The highest BCUT2D eigenvalue weighted by Crippen LogP contribution is 1.67. The highest BCUT2D eigenvalue weighted by Gasteiger charge is 1.74. The molecule has 1 amide bonds. The van der Waals surface area contributed by atoms with Crippen molar-refractivity contribution in [2.24, 2.45) is 5.73 Å². The van der Waals surface area contributed by atoms with Crippen LogP contribution < -0.4 is 5.73 Å². The third-order valence-electron chi connectivity index (χ3n) is 0.397. The van der Waals surface area contributed by atoms with Crippen LogP contribution in [0, 0.1) is 0 Å². The molecule has 0 radical (unpaired) electrons. The van der Waals surface area contributed by atoms with Crippen LogP contribution in [-0.4, -0.2) is 5.91 Å². The minimum atomic E-state index is -0.445. The monoisotopic (exact) mass is 97.1 g/mol. The maximum Gasteiger partial charge on any atom is 0.241 e. The van der Waals surface area contributed by atoms with Crippen molar-refractivity contribution >= 4 is 5.91 Å². The van der Waals surface area contributed by atoms with Gasteiger partial charge < -0.3 is 5.73 Å². The molecule has 2 nitrogen and oxygen atoms in total. The van der Waals surface area contributed by atoms with Crippen LogP contribution in [0.1, 0.15) is 0 Å². The van der Waals surface area contributed by atoms with Crippen molar-refractivity contribution < 1.29 is 4.79 Å². The Morgan fingerprint density at radius 2 is 2.29 bits per heavy atom. The lowest BCUT2D eigenvalue weighted by atomic mass is 10.5. The third kappa shape index (κ3) is 4.95. The number of carbonyl (C=O) groups is 1. The number of amides is 1. The van der Waals surface area contributed by atoms with Crippen LogP contribution in [-0.2, 0) is 4.79 Å². The predicted molar refractivity (Wildman–Crippen MR) is 28.5 cm³/mol. The van der Waals surface area contributed by atoms with E-state index in [0.717, 1.165) is 0 Å². The summed E-state index contributed by atoms with van der Waals surface area (Å²) in [6.07, 6.45) is 4.22. The van der Waals surface area contributed by atoms with Gasteiger partial charge in [-0.1, -0.05) is 18.7 Å². The van der Waals surface area contributed by atoms with Crippen molar-refractivity contribution in [3.63, 3.8) is 0 Å². The predicted octanol–water partition coefficient (Wildman–Crippen LogP) is 0.214. The fraction of sp³-hybridized carbons (Fsp3) is 0. The normalized spacial score (nSPS) is 9.14. The lowest BCUT2D eigenvalue weighted by molar-refractivity contribution is -0.113. The smallest absolute Gasteiger partial charge is 0.241 e. The molecule has 0 saturated carbocycles. The molecule has 0 rings (SSSR count). The molecule has 0 unspecified atom stereocenters. The molecule has 0 aliphatic carbocycles. The number of primary amides is 1. The maximum atomic E-state index is 9.85. The molecule has 0 aliphatic heterocycles. The summed E-state index contributed by atoms with van der Waals surface area (Å²) in [6.45, 7) is 3.34. The van der Waals surface area contributed by atoms with E-state index >= 15 is 0 Å². The molecule has 38 valence electrons. The van der Waals surface area contributed by atoms with Gasteiger partial charge in [-0.15, -0.1) is 0 Å². The fourth-order valence-electron chi connectivity index (χ4n) is 0.163. The summed E-state index contributed by atoms with van der Waals surface area (Å²) in [6, 6.07) is 0. The first-order valence-electron chi connectivity index (χ1n) is 1.86. The van der Waals surface area contributed by atoms with E-state index in [9.17, 15) is 4.79 Å². The van der Waals surface area contributed by atoms with Gasteiger partial charge in [-0.05, 0) is 0 Å². The summed E-state index contributed by atoms with van der Waals surface area (Å²) in [7, 11) is 0. The SMILES string of the molecule is C=C/C=C/C(N)=O. The zero-order valence-electron chi connectivity index (χ0n) is 3.92. The van der Waals surface area contributed by atoms with E-state index in [1.807, 2.05) is 0 Å². The second kappa shape index (κ2) is 3.15. The van der Waals surface area contributed by atoms with E-state index in [1.165, 1.54) is 18.2 Å². The Labute approximate surface area is 42.3 Å². The third-order valence-corrected chi connectivity index (χ3v) is 0.397. The Kier molecular flexibility index (Phi) is 2.68. The Balaban J connectivity index is 3.46. The number of rotatable bonds is 2. The van der Waals surface area contributed by atoms with Gasteiger partial charge in [0.25, 0.3) is 0 Å². The first-order valence-corrected chi connectivity index (χ1v) is 1.86. The molecule has 0 atom stereocenters. The number of hydrogen-bond donors (Lipinski definition) is 1. The molecular weight excluding hydrogens is 90.1 g/mol. The molecule has 0 aromatic rings. The van der Waals surface area contributed by atoms with Crippen LogP contribution in [0.15, 0.2) is 24.8 Å². The standard InChI is InChI=1S/C5H7NO/c1-2-3-4-5(6)7/h2-4H,1H2,(H2,6,7)/b4-3+. The van der Waals surface area contributed by atoms with Crippen molar-refractivity contribution in [3.05, 3.63) is 24.8 Å². The number of hydrogen-bond acceptors (Lipinski definition) is 1. The fourth-order valence-corrected chi connectivity index (χ4v) is 0.163. The van der Waals surface area contributed by atoms with Gasteiger partial charge >= 0.3 is 0 Å². The van der Waals surface area contributed by atoms with E-state index in [2.05, 4.69) is 6.58 Å². The van der Waals surface area contributed by atoms with Crippen LogP contribution in [0.25, 0.3) is 0 Å². The number of nitrogens with two attached hydrogens (primary N) is 1. The molecule has 0 spiro atoms. The summed E-state index contributed by atoms with van der Waals surface area (Å²) < 4.78 is 0. The van der Waals surface area contributed by atoms with Crippen LogP contribution in [0.3, 0.4) is 0 Å². The van der Waals surface area contributed by atoms with Crippen molar-refractivity contribution in [1.82, 2.24) is 0 Å². The van der Waals surface area contributed by atoms with Gasteiger partial charge in [-0.3, -0.25) is 4.79 Å². The average molecular weight is 97.1 g/mol. The van der Waals surface area contributed by atoms with Crippen molar-refractivity contribution in [3.8, 4) is 0 Å². The maximum absolute atomic E-state index is 9.85. The molecule has 0 aliphatic rings. The number of allylic oxidation sites excluding steroid dienone is 2. The molecule has 0 aromatic heterocycles. The zero-order valence-corrected chi connectivity index (χ0v) is 3.92. The largest absolute Gasteiger partial charge is 0.366 e. The van der Waals surface area contributed by atoms with Gasteiger partial charge in [0.05, 0.1) is 0 Å². The molecule has 0 bridgehead atoms. The van der Waals surface area contributed by atoms with Gasteiger partial charge in [-0.25, -0.2) is 0 Å². The molecule has 0 fully saturated rings. The van der Waals surface area contributed by atoms with Gasteiger partial charge in [-0.2, -0.15) is 0 Å². The van der Waals surface area contributed by atoms with Gasteiger partial charge in [0.15, 0.2) is 0 Å². The van der Waals surface area contributed by atoms with E-state index in [1.54, 1.807) is 0 Å². The van der Waals surface area contributed by atoms with Crippen molar-refractivity contribution in [2.75, 3.05) is 0 Å². The highest BCUT2D eigenvalue weighted by molar-refractivity contribution is 5.85. The van der Waals surface area contributed by atoms with E-state index < -0.39 is 5.91 Å². The molecule has 2 N–H and O–H groups in total. The van der Waals surface area contributed by atoms with E-state index in [4.69, 9.17) is 5.73 Å². The van der Waals surface area contributed by atoms with Gasteiger partial charge in [0, 0.05) is 6.08 Å². The van der Waals surface area contributed by atoms with Crippen LogP contribution in [0.4, 0.5) is 0 Å². The summed E-state index contributed by atoms with van der Waals surface area (Å²) in [5.41, 5.74) is 4.70. The zero-order chi connectivity index (χ0) is 5.70. The molecule has 0 saturated heterocycles. The first-order chi connectivity index (χ1) is 3.27. The summed E-state index contributed by atoms with van der Waals surface area (Å²) in [4.78, 5) is 9.85. The summed E-state index contributed by atoms with van der Waals surface area (Å²) >= 11 is 0. The average Bonchev–Trinajstić information content (AvgIpc) is 1.61.